The quantitative estimate of drug-likeness (QED) is 0.622. The molecule has 0 saturated carbocycles. The Morgan fingerprint density at radius 3 is 2.78 bits per heavy atom. The second-order valence-electron chi connectivity index (χ2n) is 4.44. The minimum absolute atomic E-state index is 0.473. The molecular formula is C15H22N2O. The fourth-order valence-corrected chi connectivity index (χ4v) is 1.82. The third-order valence-corrected chi connectivity index (χ3v) is 2.90. The third-order valence-electron chi connectivity index (χ3n) is 2.90. The largest absolute Gasteiger partial charge is 0.377 e. The number of nitriles is 1. The summed E-state index contributed by atoms with van der Waals surface area (Å²) in [6.45, 7) is 3.49. The molecule has 18 heavy (non-hydrogen) atoms. The molecule has 0 aliphatic rings. The molecule has 0 unspecified atom stereocenters. The first kappa shape index (κ1) is 14.7. The van der Waals surface area contributed by atoms with Crippen molar-refractivity contribution in [3.05, 3.63) is 29.6 Å². The van der Waals surface area contributed by atoms with Gasteiger partial charge < -0.3 is 4.74 Å². The van der Waals surface area contributed by atoms with Crippen LogP contribution in [0.2, 0.25) is 0 Å². The maximum atomic E-state index is 8.87. The number of aromatic nitrogens is 1. The second kappa shape index (κ2) is 9.61. The summed E-state index contributed by atoms with van der Waals surface area (Å²) in [6, 6.07) is 5.81. The average molecular weight is 246 g/mol. The molecule has 0 spiro atoms. The summed E-state index contributed by atoms with van der Waals surface area (Å²) in [5.74, 6) is 0. The number of rotatable bonds is 9. The second-order valence-corrected chi connectivity index (χ2v) is 4.44. The van der Waals surface area contributed by atoms with E-state index in [9.17, 15) is 0 Å². The number of hydrogen-bond acceptors (Lipinski definition) is 3. The van der Waals surface area contributed by atoms with E-state index in [0.717, 1.165) is 18.6 Å². The number of pyridine rings is 1. The van der Waals surface area contributed by atoms with Crippen molar-refractivity contribution < 1.29 is 4.74 Å². The Morgan fingerprint density at radius 1 is 1.22 bits per heavy atom. The summed E-state index contributed by atoms with van der Waals surface area (Å²) in [4.78, 5) is 4.00. The average Bonchev–Trinajstić information content (AvgIpc) is 2.42. The molecule has 1 heterocycles. The highest BCUT2D eigenvalue weighted by Crippen LogP contribution is 2.08. The first-order chi connectivity index (χ1) is 8.88. The fraction of sp³-hybridized carbons (Fsp3) is 0.600. The third kappa shape index (κ3) is 5.79. The lowest BCUT2D eigenvalue weighted by Gasteiger charge is -2.05. The first-order valence-corrected chi connectivity index (χ1v) is 6.80. The molecule has 1 rings (SSSR count). The molecule has 0 saturated heterocycles. The van der Waals surface area contributed by atoms with Gasteiger partial charge in [-0.25, -0.2) is 4.98 Å². The zero-order valence-electron chi connectivity index (χ0n) is 11.2. The molecular weight excluding hydrogens is 224 g/mol. The standard InChI is InChI=1S/C15H22N2O/c1-2-3-4-5-6-7-11-18-13-14-9-8-10-17-15(14)12-16/h8-10H,2-7,11,13H2,1H3. The Bertz CT molecular complexity index is 371. The lowest BCUT2D eigenvalue weighted by atomic mass is 10.1. The topological polar surface area (TPSA) is 45.9 Å². The highest BCUT2D eigenvalue weighted by molar-refractivity contribution is 5.29. The van der Waals surface area contributed by atoms with Crippen LogP contribution in [0.25, 0.3) is 0 Å². The van der Waals surface area contributed by atoms with Crippen LogP contribution >= 0.6 is 0 Å². The molecule has 3 heteroatoms. The van der Waals surface area contributed by atoms with Gasteiger partial charge in [0.25, 0.3) is 0 Å². The van der Waals surface area contributed by atoms with E-state index >= 15 is 0 Å². The summed E-state index contributed by atoms with van der Waals surface area (Å²) in [7, 11) is 0. The summed E-state index contributed by atoms with van der Waals surface area (Å²) < 4.78 is 5.58. The van der Waals surface area contributed by atoms with Crippen molar-refractivity contribution in [2.24, 2.45) is 0 Å². The van der Waals surface area contributed by atoms with Crippen LogP contribution in [-0.2, 0) is 11.3 Å². The van der Waals surface area contributed by atoms with Gasteiger partial charge in [0.2, 0.25) is 0 Å². The summed E-state index contributed by atoms with van der Waals surface area (Å²) in [5.41, 5.74) is 1.35. The zero-order chi connectivity index (χ0) is 13.1. The van der Waals surface area contributed by atoms with Crippen LogP contribution in [-0.4, -0.2) is 11.6 Å². The maximum Gasteiger partial charge on any atom is 0.145 e. The van der Waals surface area contributed by atoms with Crippen molar-refractivity contribution in [3.8, 4) is 6.07 Å². The van der Waals surface area contributed by atoms with E-state index in [-0.39, 0.29) is 0 Å². The molecule has 0 atom stereocenters. The number of nitrogens with zero attached hydrogens (tertiary/aromatic N) is 2. The molecule has 1 aromatic rings. The van der Waals surface area contributed by atoms with Gasteiger partial charge in [0.1, 0.15) is 11.8 Å². The van der Waals surface area contributed by atoms with Crippen LogP contribution < -0.4 is 0 Å². The van der Waals surface area contributed by atoms with E-state index < -0.39 is 0 Å². The summed E-state index contributed by atoms with van der Waals surface area (Å²) >= 11 is 0. The van der Waals surface area contributed by atoms with Gasteiger partial charge in [0.15, 0.2) is 0 Å². The SMILES string of the molecule is CCCCCCCCOCc1cccnc1C#N. The molecule has 0 aromatic carbocycles. The lowest BCUT2D eigenvalue weighted by molar-refractivity contribution is 0.116. The van der Waals surface area contributed by atoms with Crippen molar-refractivity contribution in [2.75, 3.05) is 6.61 Å². The fourth-order valence-electron chi connectivity index (χ4n) is 1.82. The van der Waals surface area contributed by atoms with Gasteiger partial charge in [0, 0.05) is 18.4 Å². The lowest BCUT2D eigenvalue weighted by Crippen LogP contribution is -1.99. The molecule has 98 valence electrons. The van der Waals surface area contributed by atoms with Crippen molar-refractivity contribution in [1.82, 2.24) is 4.98 Å². The van der Waals surface area contributed by atoms with Crippen LogP contribution in [0.1, 0.15) is 56.7 Å². The van der Waals surface area contributed by atoms with Gasteiger partial charge in [-0.3, -0.25) is 0 Å². The van der Waals surface area contributed by atoms with E-state index in [1.165, 1.54) is 32.1 Å². The molecule has 0 radical (unpaired) electrons. The van der Waals surface area contributed by atoms with Crippen molar-refractivity contribution in [1.29, 1.82) is 5.26 Å². The van der Waals surface area contributed by atoms with Gasteiger partial charge in [-0.1, -0.05) is 45.1 Å². The Kier molecular flexibility index (Phi) is 7.83. The minimum atomic E-state index is 0.473. The predicted molar refractivity (Wildman–Crippen MR) is 72.0 cm³/mol. The summed E-state index contributed by atoms with van der Waals surface area (Å²) in [6.07, 6.45) is 9.22. The highest BCUT2D eigenvalue weighted by atomic mass is 16.5. The number of hydrogen-bond donors (Lipinski definition) is 0. The summed E-state index contributed by atoms with van der Waals surface area (Å²) in [5, 5.41) is 8.87. The minimum Gasteiger partial charge on any atom is -0.377 e. The van der Waals surface area contributed by atoms with E-state index in [4.69, 9.17) is 10.00 Å². The van der Waals surface area contributed by atoms with E-state index in [0.29, 0.717) is 12.3 Å². The van der Waals surface area contributed by atoms with Gasteiger partial charge in [-0.05, 0) is 12.5 Å². The smallest absolute Gasteiger partial charge is 0.145 e. The van der Waals surface area contributed by atoms with Crippen LogP contribution in [0.15, 0.2) is 18.3 Å². The van der Waals surface area contributed by atoms with Crippen molar-refractivity contribution >= 4 is 0 Å². The first-order valence-electron chi connectivity index (χ1n) is 6.80. The molecule has 0 bridgehead atoms. The van der Waals surface area contributed by atoms with Gasteiger partial charge >= 0.3 is 0 Å². The Balaban J connectivity index is 2.09. The van der Waals surface area contributed by atoms with E-state index in [2.05, 4.69) is 18.0 Å². The maximum absolute atomic E-state index is 8.87. The normalized spacial score (nSPS) is 10.2. The van der Waals surface area contributed by atoms with Crippen LogP contribution in [0, 0.1) is 11.3 Å². The molecule has 1 aromatic heterocycles. The predicted octanol–water partition coefficient (Wildman–Crippen LogP) is 3.83. The van der Waals surface area contributed by atoms with Crippen LogP contribution in [0.4, 0.5) is 0 Å². The van der Waals surface area contributed by atoms with Crippen molar-refractivity contribution in [3.63, 3.8) is 0 Å². The number of unbranched alkanes of at least 4 members (excludes halogenated alkanes) is 5. The molecule has 0 amide bonds. The van der Waals surface area contributed by atoms with E-state index in [1.54, 1.807) is 6.20 Å². The molecule has 0 N–H and O–H groups in total. The van der Waals surface area contributed by atoms with Gasteiger partial charge in [0.05, 0.1) is 6.61 Å². The van der Waals surface area contributed by atoms with Crippen molar-refractivity contribution in [2.45, 2.75) is 52.1 Å². The number of ether oxygens (including phenoxy) is 1. The van der Waals surface area contributed by atoms with E-state index in [1.807, 2.05) is 12.1 Å². The monoisotopic (exact) mass is 246 g/mol. The molecule has 0 aliphatic carbocycles. The zero-order valence-corrected chi connectivity index (χ0v) is 11.2. The van der Waals surface area contributed by atoms with Gasteiger partial charge in [-0.2, -0.15) is 5.26 Å². The van der Waals surface area contributed by atoms with Gasteiger partial charge in [-0.15, -0.1) is 0 Å². The Hall–Kier alpha value is -1.40. The Morgan fingerprint density at radius 2 is 2.00 bits per heavy atom. The molecule has 3 nitrogen and oxygen atoms in total. The molecule has 0 fully saturated rings. The van der Waals surface area contributed by atoms with Crippen LogP contribution in [0.5, 0.6) is 0 Å². The highest BCUT2D eigenvalue weighted by Gasteiger charge is 2.01. The Labute approximate surface area is 110 Å². The molecule has 0 aliphatic heterocycles. The van der Waals surface area contributed by atoms with Crippen LogP contribution in [0.3, 0.4) is 0 Å².